The third-order valence-corrected chi connectivity index (χ3v) is 5.99. The van der Waals surface area contributed by atoms with Crippen LogP contribution in [0.25, 0.3) is 22.2 Å². The number of benzene rings is 2. The molecular formula is C19H19BrNS+. The van der Waals surface area contributed by atoms with Crippen LogP contribution in [0.15, 0.2) is 46.9 Å². The summed E-state index contributed by atoms with van der Waals surface area (Å²) in [6.45, 7) is 1.11. The topological polar surface area (TPSA) is 4.93 Å². The van der Waals surface area contributed by atoms with Gasteiger partial charge in [-0.2, -0.15) is 0 Å². The zero-order chi connectivity index (χ0) is 15.3. The van der Waals surface area contributed by atoms with E-state index in [0.717, 1.165) is 13.0 Å². The molecule has 0 spiro atoms. The van der Waals surface area contributed by atoms with Gasteiger partial charge in [-0.25, -0.2) is 0 Å². The Kier molecular flexibility index (Phi) is 3.58. The van der Waals surface area contributed by atoms with Crippen molar-refractivity contribution >= 4 is 37.7 Å². The molecule has 0 aliphatic heterocycles. The summed E-state index contributed by atoms with van der Waals surface area (Å²) in [5.41, 5.74) is 7.24. The summed E-state index contributed by atoms with van der Waals surface area (Å²) >= 11 is 3.64. The molecule has 2 aromatic carbocycles. The Morgan fingerprint density at radius 2 is 1.95 bits per heavy atom. The molecule has 0 saturated carbocycles. The molecule has 22 heavy (non-hydrogen) atoms. The van der Waals surface area contributed by atoms with Crippen molar-refractivity contribution in [1.29, 1.82) is 0 Å². The highest BCUT2D eigenvalue weighted by molar-refractivity contribution is 9.10. The number of hydrogen-bond donors (Lipinski definition) is 0. The summed E-state index contributed by atoms with van der Waals surface area (Å²) in [5, 5.41) is 1.41. The lowest BCUT2D eigenvalue weighted by molar-refractivity contribution is 0.813. The minimum absolute atomic E-state index is 0.468. The van der Waals surface area contributed by atoms with Gasteiger partial charge in [0, 0.05) is 27.4 Å². The van der Waals surface area contributed by atoms with Gasteiger partial charge in [-0.3, -0.25) is 0 Å². The second-order valence-corrected chi connectivity index (χ2v) is 9.46. The lowest BCUT2D eigenvalue weighted by Gasteiger charge is -2.10. The Balaban J connectivity index is 1.97. The molecule has 112 valence electrons. The second-order valence-electron chi connectivity index (χ2n) is 6.16. The van der Waals surface area contributed by atoms with E-state index in [1.165, 1.54) is 43.5 Å². The number of halogens is 1. The molecule has 0 atom stereocenters. The summed E-state index contributed by atoms with van der Waals surface area (Å²) in [6.07, 6.45) is 5.72. The second kappa shape index (κ2) is 5.47. The average Bonchev–Trinajstić information content (AvgIpc) is 3.00. The molecule has 0 unspecified atom stereocenters. The van der Waals surface area contributed by atoms with Gasteiger partial charge in [0.05, 0.1) is 24.8 Å². The van der Waals surface area contributed by atoms with Crippen LogP contribution in [0.1, 0.15) is 11.1 Å². The van der Waals surface area contributed by atoms with Gasteiger partial charge in [-0.05, 0) is 40.2 Å². The van der Waals surface area contributed by atoms with Gasteiger partial charge in [0.15, 0.2) is 0 Å². The minimum Gasteiger partial charge on any atom is -0.335 e. The smallest absolute Gasteiger partial charge is 0.125 e. The SMILES string of the molecule is C[S+](C)CCn1c2c(c3cc(Br)ccc31)Cc1ccccc1-2. The quantitative estimate of drug-likeness (QED) is 0.453. The molecule has 0 N–H and O–H groups in total. The largest absolute Gasteiger partial charge is 0.335 e. The molecule has 1 heterocycles. The Hall–Kier alpha value is -1.19. The van der Waals surface area contributed by atoms with Crippen LogP contribution in [0.4, 0.5) is 0 Å². The van der Waals surface area contributed by atoms with Crippen molar-refractivity contribution in [2.45, 2.75) is 13.0 Å². The molecule has 3 aromatic rings. The van der Waals surface area contributed by atoms with Gasteiger partial charge in [0.25, 0.3) is 0 Å². The summed E-state index contributed by atoms with van der Waals surface area (Å²) in [5.74, 6) is 1.24. The summed E-state index contributed by atoms with van der Waals surface area (Å²) in [6, 6.07) is 15.6. The maximum absolute atomic E-state index is 3.64. The molecule has 0 bridgehead atoms. The van der Waals surface area contributed by atoms with Crippen molar-refractivity contribution in [3.8, 4) is 11.3 Å². The molecule has 0 amide bonds. The lowest BCUT2D eigenvalue weighted by atomic mass is 10.1. The standard InChI is InChI=1S/C19H19BrNS/c1-22(2)10-9-21-18-8-7-14(20)12-16(18)17-11-13-5-3-4-6-15(13)19(17)21/h3-8,12H,9-11H2,1-2H3/q+1. The normalized spacial score (nSPS) is 12.9. The fourth-order valence-electron chi connectivity index (χ4n) is 3.49. The summed E-state index contributed by atoms with van der Waals surface area (Å²) in [7, 11) is 0.468. The Morgan fingerprint density at radius 3 is 2.77 bits per heavy atom. The number of rotatable bonds is 3. The zero-order valence-electron chi connectivity index (χ0n) is 12.9. The van der Waals surface area contributed by atoms with Crippen LogP contribution >= 0.6 is 15.9 Å². The van der Waals surface area contributed by atoms with E-state index in [1.807, 2.05) is 0 Å². The van der Waals surface area contributed by atoms with E-state index in [9.17, 15) is 0 Å². The van der Waals surface area contributed by atoms with Gasteiger partial charge < -0.3 is 4.57 Å². The molecule has 0 fully saturated rings. The van der Waals surface area contributed by atoms with Gasteiger partial charge in [-0.15, -0.1) is 0 Å². The number of hydrogen-bond acceptors (Lipinski definition) is 0. The first kappa shape index (κ1) is 14.4. The van der Waals surface area contributed by atoms with E-state index >= 15 is 0 Å². The predicted octanol–water partition coefficient (Wildman–Crippen LogP) is 4.85. The number of aryl methyl sites for hydroxylation is 1. The summed E-state index contributed by atoms with van der Waals surface area (Å²) < 4.78 is 3.72. The third kappa shape index (κ3) is 2.22. The maximum Gasteiger partial charge on any atom is 0.125 e. The van der Waals surface area contributed by atoms with Crippen molar-refractivity contribution in [3.63, 3.8) is 0 Å². The number of fused-ring (bicyclic) bond motifs is 5. The third-order valence-electron chi connectivity index (χ3n) is 4.49. The highest BCUT2D eigenvalue weighted by Gasteiger charge is 2.26. The fraction of sp³-hybridized carbons (Fsp3) is 0.263. The van der Waals surface area contributed by atoms with Crippen LogP contribution in [0.3, 0.4) is 0 Å². The Labute approximate surface area is 142 Å². The van der Waals surface area contributed by atoms with Crippen LogP contribution in [0.5, 0.6) is 0 Å². The predicted molar refractivity (Wildman–Crippen MR) is 102 cm³/mol. The highest BCUT2D eigenvalue weighted by atomic mass is 79.9. The first-order chi connectivity index (χ1) is 10.6. The van der Waals surface area contributed by atoms with Crippen LogP contribution in [0.2, 0.25) is 0 Å². The molecule has 1 aliphatic rings. The van der Waals surface area contributed by atoms with E-state index in [-0.39, 0.29) is 0 Å². The lowest BCUT2D eigenvalue weighted by Crippen LogP contribution is -2.11. The van der Waals surface area contributed by atoms with Gasteiger partial charge in [0.2, 0.25) is 0 Å². The van der Waals surface area contributed by atoms with E-state index < -0.39 is 0 Å². The number of aromatic nitrogens is 1. The Bertz CT molecular complexity index is 863. The first-order valence-corrected chi connectivity index (χ1v) is 10.6. The van der Waals surface area contributed by atoms with Crippen molar-refractivity contribution in [2.24, 2.45) is 0 Å². The molecule has 1 aromatic heterocycles. The van der Waals surface area contributed by atoms with Crippen LogP contribution in [0, 0.1) is 0 Å². The molecule has 0 saturated heterocycles. The van der Waals surface area contributed by atoms with Crippen molar-refractivity contribution in [3.05, 3.63) is 58.1 Å². The van der Waals surface area contributed by atoms with Gasteiger partial charge in [-0.1, -0.05) is 40.2 Å². The molecule has 1 aliphatic carbocycles. The van der Waals surface area contributed by atoms with Crippen molar-refractivity contribution < 1.29 is 0 Å². The van der Waals surface area contributed by atoms with E-state index in [0.29, 0.717) is 10.9 Å². The maximum atomic E-state index is 3.64. The van der Waals surface area contributed by atoms with Crippen molar-refractivity contribution in [1.82, 2.24) is 4.57 Å². The highest BCUT2D eigenvalue weighted by Crippen LogP contribution is 2.43. The van der Waals surface area contributed by atoms with E-state index in [1.54, 1.807) is 0 Å². The molecule has 0 radical (unpaired) electrons. The van der Waals surface area contributed by atoms with E-state index in [2.05, 4.69) is 75.5 Å². The molecular weight excluding hydrogens is 354 g/mol. The van der Waals surface area contributed by atoms with Gasteiger partial charge in [0.1, 0.15) is 5.75 Å². The van der Waals surface area contributed by atoms with Crippen LogP contribution in [-0.2, 0) is 23.9 Å². The minimum atomic E-state index is 0.468. The fourth-order valence-corrected chi connectivity index (χ4v) is 4.39. The van der Waals surface area contributed by atoms with E-state index in [4.69, 9.17) is 0 Å². The Morgan fingerprint density at radius 1 is 1.14 bits per heavy atom. The van der Waals surface area contributed by atoms with Crippen LogP contribution < -0.4 is 0 Å². The van der Waals surface area contributed by atoms with Crippen molar-refractivity contribution in [2.75, 3.05) is 18.3 Å². The monoisotopic (exact) mass is 372 g/mol. The molecule has 4 rings (SSSR count). The number of nitrogens with zero attached hydrogens (tertiary/aromatic N) is 1. The molecule has 3 heteroatoms. The summed E-state index contributed by atoms with van der Waals surface area (Å²) in [4.78, 5) is 0. The van der Waals surface area contributed by atoms with Gasteiger partial charge >= 0.3 is 0 Å². The molecule has 1 nitrogen and oxygen atoms in total. The zero-order valence-corrected chi connectivity index (χ0v) is 15.3. The average molecular weight is 373 g/mol. The first-order valence-electron chi connectivity index (χ1n) is 7.58. The van der Waals surface area contributed by atoms with Crippen LogP contribution in [-0.4, -0.2) is 22.8 Å².